The van der Waals surface area contributed by atoms with Crippen molar-refractivity contribution in [1.82, 2.24) is 9.55 Å². The van der Waals surface area contributed by atoms with E-state index >= 15 is 0 Å². The van der Waals surface area contributed by atoms with Gasteiger partial charge in [-0.3, -0.25) is 23.2 Å². The van der Waals surface area contributed by atoms with Crippen molar-refractivity contribution in [2.24, 2.45) is 5.92 Å². The molecule has 0 aliphatic carbocycles. The third-order valence-corrected chi connectivity index (χ3v) is 15.8. The van der Waals surface area contributed by atoms with E-state index in [2.05, 4.69) is 42.2 Å². The molecule has 3 rings (SSSR count). The number of carbonyl (C=O) groups excluding carboxylic acids is 2. The summed E-state index contributed by atoms with van der Waals surface area (Å²) in [5, 5.41) is 20.9. The van der Waals surface area contributed by atoms with Crippen LogP contribution in [0.5, 0.6) is 0 Å². The van der Waals surface area contributed by atoms with Gasteiger partial charge < -0.3 is 44.7 Å². The van der Waals surface area contributed by atoms with Crippen LogP contribution in [0.4, 0.5) is 5.82 Å². The van der Waals surface area contributed by atoms with Crippen molar-refractivity contribution in [3.05, 3.63) is 34.9 Å². The highest BCUT2D eigenvalue weighted by Crippen LogP contribution is 2.60. The normalized spacial score (nSPS) is 21.9. The van der Waals surface area contributed by atoms with Crippen molar-refractivity contribution >= 4 is 33.4 Å². The lowest BCUT2D eigenvalue weighted by atomic mass is 10.0. The SMILES string of the molecule is CCCCCC1OC1C/C=C\CCCCCCCC(=O)O[C@H](COC(=O)CCCCCCCCCCCCCCCCCCC(C)C)COP(=O)(O)OP(=O)(O)OC[C@H]1O[C@@H](n2ccc(N)nc2=O)[C@H](O)[C@@H]1O. The second kappa shape index (κ2) is 37.3. The van der Waals surface area contributed by atoms with Crippen LogP contribution in [0.25, 0.3) is 0 Å². The molecule has 0 amide bonds. The van der Waals surface area contributed by atoms with Crippen LogP contribution >= 0.6 is 15.6 Å². The summed E-state index contributed by atoms with van der Waals surface area (Å²) in [6, 6.07) is 1.25. The number of ether oxygens (including phenoxy) is 4. The molecular formula is C52H93N3O16P2. The Labute approximate surface area is 435 Å². The maximum absolute atomic E-state index is 12.9. The van der Waals surface area contributed by atoms with E-state index in [0.717, 1.165) is 81.1 Å². The standard InChI is InChI=1S/C52H93N3O16P2/c1-4-5-26-32-43-44(69-43)33-28-23-19-16-17-21-25-30-35-48(57)68-42(38-65-47(56)34-29-24-20-15-13-11-9-7-6-8-10-12-14-18-22-27-31-41(2)3)39-66-72(61,62)71-73(63,64)67-40-45-49(58)50(59)51(70-45)55-37-36-46(53)54-52(55)60/h23,28,36-37,41-45,49-51,58-59H,4-22,24-27,29-35,38-40H2,1-3H3,(H,61,62)(H,63,64)(H2,53,54,60)/b28-23-/t42-,43?,44?,45-,49-,50-,51-/m1/s1. The molecule has 0 bridgehead atoms. The van der Waals surface area contributed by atoms with Gasteiger partial charge in [0.15, 0.2) is 12.3 Å². The van der Waals surface area contributed by atoms with Crippen LogP contribution in [0.15, 0.2) is 29.2 Å². The molecule has 3 heterocycles. The van der Waals surface area contributed by atoms with Crippen molar-refractivity contribution in [2.75, 3.05) is 25.6 Å². The van der Waals surface area contributed by atoms with Gasteiger partial charge in [0.05, 0.1) is 25.4 Å². The van der Waals surface area contributed by atoms with Crippen molar-refractivity contribution in [3.63, 3.8) is 0 Å². The Morgan fingerprint density at radius 2 is 1.27 bits per heavy atom. The third kappa shape index (κ3) is 30.1. The average molecular weight is 1080 g/mol. The molecule has 1 aromatic rings. The summed E-state index contributed by atoms with van der Waals surface area (Å²) in [6.45, 7) is 4.48. The molecule has 21 heteroatoms. The maximum atomic E-state index is 12.9. The van der Waals surface area contributed by atoms with E-state index < -0.39 is 83.7 Å². The molecule has 9 atom stereocenters. The summed E-state index contributed by atoms with van der Waals surface area (Å²) in [7, 11) is -10.9. The van der Waals surface area contributed by atoms with Gasteiger partial charge in [-0.25, -0.2) is 13.9 Å². The van der Waals surface area contributed by atoms with Gasteiger partial charge in [-0.1, -0.05) is 174 Å². The second-order valence-electron chi connectivity index (χ2n) is 20.3. The highest BCUT2D eigenvalue weighted by Gasteiger charge is 2.46. The lowest BCUT2D eigenvalue weighted by Crippen LogP contribution is -2.36. The van der Waals surface area contributed by atoms with E-state index in [1.165, 1.54) is 109 Å². The Morgan fingerprint density at radius 1 is 0.712 bits per heavy atom. The first-order valence-electron chi connectivity index (χ1n) is 27.7. The summed E-state index contributed by atoms with van der Waals surface area (Å²) in [4.78, 5) is 62.1. The van der Waals surface area contributed by atoms with Gasteiger partial charge in [0.25, 0.3) is 0 Å². The number of phosphoric ester groups is 2. The molecule has 2 saturated heterocycles. The van der Waals surface area contributed by atoms with Gasteiger partial charge in [-0.15, -0.1) is 0 Å². The number of hydrogen-bond acceptors (Lipinski definition) is 16. The molecule has 422 valence electrons. The molecular weight excluding hydrogens is 985 g/mol. The van der Waals surface area contributed by atoms with E-state index in [4.69, 9.17) is 33.7 Å². The van der Waals surface area contributed by atoms with E-state index in [1.54, 1.807) is 0 Å². The minimum absolute atomic E-state index is 0.0329. The first kappa shape index (κ1) is 64.7. The second-order valence-corrected chi connectivity index (χ2v) is 23.3. The van der Waals surface area contributed by atoms with Crippen molar-refractivity contribution in [1.29, 1.82) is 0 Å². The molecule has 2 fully saturated rings. The van der Waals surface area contributed by atoms with Crippen LogP contribution < -0.4 is 11.4 Å². The minimum Gasteiger partial charge on any atom is -0.462 e. The molecule has 19 nitrogen and oxygen atoms in total. The maximum Gasteiger partial charge on any atom is 0.481 e. The number of nitrogens with zero attached hydrogens (tertiary/aromatic N) is 2. The summed E-state index contributed by atoms with van der Waals surface area (Å²) < 4.78 is 62.7. The number of aromatic nitrogens is 2. The van der Waals surface area contributed by atoms with Gasteiger partial charge in [0.1, 0.15) is 30.7 Å². The number of nitrogens with two attached hydrogens (primary N) is 1. The quantitative estimate of drug-likeness (QED) is 0.0133. The summed E-state index contributed by atoms with van der Waals surface area (Å²) in [5.41, 5.74) is 4.60. The molecule has 0 aromatic carbocycles. The summed E-state index contributed by atoms with van der Waals surface area (Å²) in [5.74, 6) is -0.494. The number of aliphatic hydroxyl groups excluding tert-OH is 2. The third-order valence-electron chi connectivity index (χ3n) is 13.2. The number of rotatable bonds is 45. The number of unbranched alkanes of at least 4 members (excludes halogenated alkanes) is 22. The fourth-order valence-corrected chi connectivity index (χ4v) is 10.9. The highest BCUT2D eigenvalue weighted by atomic mass is 31.3. The smallest absolute Gasteiger partial charge is 0.462 e. The monoisotopic (exact) mass is 1080 g/mol. The molecule has 1 aromatic heterocycles. The molecule has 4 unspecified atom stereocenters. The molecule has 6 N–H and O–H groups in total. The fraction of sp³-hybridized carbons (Fsp3) is 0.846. The lowest BCUT2D eigenvalue weighted by molar-refractivity contribution is -0.161. The Hall–Kier alpha value is -2.54. The number of hydrogen-bond donors (Lipinski definition) is 5. The number of phosphoric acid groups is 2. The predicted octanol–water partition coefficient (Wildman–Crippen LogP) is 10.9. The zero-order valence-corrected chi connectivity index (χ0v) is 46.1. The van der Waals surface area contributed by atoms with Crippen molar-refractivity contribution in [3.8, 4) is 0 Å². The highest BCUT2D eigenvalue weighted by molar-refractivity contribution is 7.61. The fourth-order valence-electron chi connectivity index (χ4n) is 8.80. The van der Waals surface area contributed by atoms with Crippen LogP contribution in [-0.2, 0) is 51.0 Å². The Balaban J connectivity index is 1.36. The molecule has 0 saturated carbocycles. The Morgan fingerprint density at radius 3 is 1.86 bits per heavy atom. The number of allylic oxidation sites excluding steroid dienone is 1. The van der Waals surface area contributed by atoms with Crippen LogP contribution in [-0.4, -0.2) is 97.9 Å². The van der Waals surface area contributed by atoms with E-state index in [9.17, 15) is 43.5 Å². The molecule has 2 aliphatic heterocycles. The zero-order valence-electron chi connectivity index (χ0n) is 44.3. The number of nitrogen functional groups attached to an aromatic ring is 1. The molecule has 73 heavy (non-hydrogen) atoms. The number of carbonyl (C=O) groups is 2. The number of esters is 2. The van der Waals surface area contributed by atoms with Crippen LogP contribution in [0.1, 0.15) is 220 Å². The molecule has 2 aliphatic rings. The minimum atomic E-state index is -5.43. The van der Waals surface area contributed by atoms with Gasteiger partial charge in [-0.2, -0.15) is 9.29 Å². The Bertz CT molecular complexity index is 1850. The van der Waals surface area contributed by atoms with Gasteiger partial charge in [-0.05, 0) is 50.5 Å². The van der Waals surface area contributed by atoms with Crippen LogP contribution in [0, 0.1) is 5.92 Å². The summed E-state index contributed by atoms with van der Waals surface area (Å²) >= 11 is 0. The largest absolute Gasteiger partial charge is 0.481 e. The van der Waals surface area contributed by atoms with E-state index in [1.807, 2.05) is 0 Å². The van der Waals surface area contributed by atoms with E-state index in [0.29, 0.717) is 25.0 Å². The molecule has 0 spiro atoms. The average Bonchev–Trinajstić information content (AvgIpc) is 4.03. The number of anilines is 1. The number of epoxide rings is 1. The Kier molecular flexibility index (Phi) is 33.1. The zero-order chi connectivity index (χ0) is 53.3. The van der Waals surface area contributed by atoms with Gasteiger partial charge in [0, 0.05) is 19.0 Å². The van der Waals surface area contributed by atoms with Crippen molar-refractivity contribution < 1.29 is 71.0 Å². The van der Waals surface area contributed by atoms with Crippen LogP contribution in [0.2, 0.25) is 0 Å². The predicted molar refractivity (Wildman–Crippen MR) is 279 cm³/mol. The first-order valence-corrected chi connectivity index (χ1v) is 30.7. The molecule has 0 radical (unpaired) electrons. The number of aliphatic hydroxyl groups is 2. The first-order chi connectivity index (χ1) is 35.0. The van der Waals surface area contributed by atoms with E-state index in [-0.39, 0.29) is 18.7 Å². The van der Waals surface area contributed by atoms with Crippen molar-refractivity contribution in [2.45, 2.75) is 256 Å². The van der Waals surface area contributed by atoms with Crippen LogP contribution in [0.3, 0.4) is 0 Å². The van der Waals surface area contributed by atoms with Gasteiger partial charge >= 0.3 is 33.3 Å². The summed E-state index contributed by atoms with van der Waals surface area (Å²) in [6.07, 6.45) is 30.3. The van der Waals surface area contributed by atoms with Gasteiger partial charge in [0.2, 0.25) is 0 Å². The topological polar surface area (TPSA) is 278 Å². The lowest BCUT2D eigenvalue weighted by Gasteiger charge is -2.21.